The number of anilines is 1. The predicted molar refractivity (Wildman–Crippen MR) is 105 cm³/mol. The van der Waals surface area contributed by atoms with E-state index in [-0.39, 0.29) is 12.4 Å². The van der Waals surface area contributed by atoms with E-state index in [0.29, 0.717) is 31.1 Å². The van der Waals surface area contributed by atoms with Crippen molar-refractivity contribution >= 4 is 41.0 Å². The highest BCUT2D eigenvalue weighted by Crippen LogP contribution is 2.26. The number of aromatic nitrogens is 3. The molecule has 0 bridgehead atoms. The third kappa shape index (κ3) is 3.63. The minimum Gasteiger partial charge on any atom is -0.340 e. The SMILES string of the molecule is Cl.N[C@@H]1CN(c2nc3ccccc3n2Cc2ccc(Cl)cn2)CC[C@H]1F. The summed E-state index contributed by atoms with van der Waals surface area (Å²) in [5, 5.41) is 0.607. The normalized spacial score (nSPS) is 20.2. The van der Waals surface area contributed by atoms with Crippen molar-refractivity contribution in [1.29, 1.82) is 0 Å². The zero-order chi connectivity index (χ0) is 17.4. The molecule has 138 valence electrons. The van der Waals surface area contributed by atoms with Crippen molar-refractivity contribution in [3.05, 3.63) is 53.3 Å². The van der Waals surface area contributed by atoms with Crippen LogP contribution < -0.4 is 10.6 Å². The molecule has 8 heteroatoms. The fourth-order valence-corrected chi connectivity index (χ4v) is 3.37. The van der Waals surface area contributed by atoms with Crippen LogP contribution in [0.5, 0.6) is 0 Å². The number of halogens is 3. The summed E-state index contributed by atoms with van der Waals surface area (Å²) in [4.78, 5) is 11.2. The van der Waals surface area contributed by atoms with E-state index in [1.165, 1.54) is 0 Å². The topological polar surface area (TPSA) is 60.0 Å². The Hall–Kier alpha value is -1.89. The van der Waals surface area contributed by atoms with Gasteiger partial charge in [-0.25, -0.2) is 9.37 Å². The zero-order valence-corrected chi connectivity index (χ0v) is 15.6. The molecule has 2 N–H and O–H groups in total. The van der Waals surface area contributed by atoms with Gasteiger partial charge in [0.25, 0.3) is 0 Å². The van der Waals surface area contributed by atoms with Crippen LogP contribution in [0.1, 0.15) is 12.1 Å². The molecule has 2 atom stereocenters. The molecule has 1 fully saturated rings. The van der Waals surface area contributed by atoms with Crippen LogP contribution in [0.3, 0.4) is 0 Å². The number of hydrogen-bond donors (Lipinski definition) is 1. The number of alkyl halides is 1. The van der Waals surface area contributed by atoms with Crippen LogP contribution in [-0.4, -0.2) is 39.8 Å². The average molecular weight is 396 g/mol. The minimum atomic E-state index is -0.952. The van der Waals surface area contributed by atoms with Gasteiger partial charge in [-0.15, -0.1) is 12.4 Å². The maximum absolute atomic E-state index is 13.8. The monoisotopic (exact) mass is 395 g/mol. The molecule has 3 aromatic rings. The molecule has 1 aromatic carbocycles. The summed E-state index contributed by atoms with van der Waals surface area (Å²) in [5.74, 6) is 0.806. The number of hydrogen-bond acceptors (Lipinski definition) is 4. The first-order valence-corrected chi connectivity index (χ1v) is 8.70. The molecule has 0 radical (unpaired) electrons. The Kier molecular flexibility index (Phi) is 5.65. The molecule has 26 heavy (non-hydrogen) atoms. The molecule has 4 rings (SSSR count). The predicted octanol–water partition coefficient (Wildman–Crippen LogP) is 3.43. The van der Waals surface area contributed by atoms with E-state index in [1.807, 2.05) is 36.4 Å². The quantitative estimate of drug-likeness (QED) is 0.737. The fraction of sp³-hybridized carbons (Fsp3) is 0.333. The largest absolute Gasteiger partial charge is 0.340 e. The van der Waals surface area contributed by atoms with E-state index in [2.05, 4.69) is 14.5 Å². The van der Waals surface area contributed by atoms with Crippen molar-refractivity contribution < 1.29 is 4.39 Å². The van der Waals surface area contributed by atoms with Crippen molar-refractivity contribution in [2.45, 2.75) is 25.2 Å². The van der Waals surface area contributed by atoms with Gasteiger partial charge in [-0.3, -0.25) is 4.98 Å². The summed E-state index contributed by atoms with van der Waals surface area (Å²) < 4.78 is 15.9. The smallest absolute Gasteiger partial charge is 0.206 e. The van der Waals surface area contributed by atoms with Crippen LogP contribution in [0, 0.1) is 0 Å². The van der Waals surface area contributed by atoms with Gasteiger partial charge in [-0.05, 0) is 30.7 Å². The van der Waals surface area contributed by atoms with Crippen molar-refractivity contribution in [3.8, 4) is 0 Å². The number of fused-ring (bicyclic) bond motifs is 1. The van der Waals surface area contributed by atoms with Crippen LogP contribution in [0.2, 0.25) is 5.02 Å². The Balaban J connectivity index is 0.00000196. The van der Waals surface area contributed by atoms with Gasteiger partial charge in [0.1, 0.15) is 6.17 Å². The van der Waals surface area contributed by atoms with Gasteiger partial charge < -0.3 is 15.2 Å². The van der Waals surface area contributed by atoms with Crippen LogP contribution in [0.25, 0.3) is 11.0 Å². The van der Waals surface area contributed by atoms with Gasteiger partial charge in [-0.1, -0.05) is 23.7 Å². The van der Waals surface area contributed by atoms with Gasteiger partial charge in [0.2, 0.25) is 5.95 Å². The second-order valence-electron chi connectivity index (χ2n) is 6.37. The van der Waals surface area contributed by atoms with E-state index in [1.54, 1.807) is 6.20 Å². The lowest BCUT2D eigenvalue weighted by Gasteiger charge is -2.34. The van der Waals surface area contributed by atoms with Gasteiger partial charge in [0, 0.05) is 19.3 Å². The molecule has 1 aliphatic rings. The lowest BCUT2D eigenvalue weighted by atomic mass is 10.1. The Labute approximate surface area is 162 Å². The van der Waals surface area contributed by atoms with Crippen molar-refractivity contribution in [1.82, 2.24) is 14.5 Å². The third-order valence-electron chi connectivity index (χ3n) is 4.60. The summed E-state index contributed by atoms with van der Waals surface area (Å²) in [6.45, 7) is 1.63. The first-order chi connectivity index (χ1) is 12.1. The molecule has 0 aliphatic carbocycles. The number of imidazole rings is 1. The number of pyridine rings is 1. The number of benzene rings is 1. The first-order valence-electron chi connectivity index (χ1n) is 8.32. The summed E-state index contributed by atoms with van der Waals surface area (Å²) >= 11 is 5.93. The molecule has 0 saturated carbocycles. The molecule has 1 aliphatic heterocycles. The van der Waals surface area contributed by atoms with Gasteiger partial charge in [0.05, 0.1) is 34.3 Å². The Bertz CT molecular complexity index is 883. The number of para-hydroxylation sites is 2. The van der Waals surface area contributed by atoms with Gasteiger partial charge in [0.15, 0.2) is 0 Å². The van der Waals surface area contributed by atoms with Crippen LogP contribution in [-0.2, 0) is 6.54 Å². The van der Waals surface area contributed by atoms with E-state index in [9.17, 15) is 4.39 Å². The summed E-state index contributed by atoms with van der Waals surface area (Å²) in [6, 6.07) is 11.2. The number of nitrogens with zero attached hydrogens (tertiary/aromatic N) is 4. The van der Waals surface area contributed by atoms with E-state index in [4.69, 9.17) is 22.3 Å². The summed E-state index contributed by atoms with van der Waals surface area (Å²) in [5.41, 5.74) is 8.75. The Morgan fingerprint density at radius 1 is 1.23 bits per heavy atom. The van der Waals surface area contributed by atoms with Gasteiger partial charge in [-0.2, -0.15) is 0 Å². The first kappa shape index (κ1) is 18.9. The molecule has 5 nitrogen and oxygen atoms in total. The minimum absolute atomic E-state index is 0. The maximum Gasteiger partial charge on any atom is 0.206 e. The Morgan fingerprint density at radius 3 is 2.77 bits per heavy atom. The molecular formula is C18H20Cl2FN5. The highest BCUT2D eigenvalue weighted by atomic mass is 35.5. The van der Waals surface area contributed by atoms with Crippen LogP contribution >= 0.6 is 24.0 Å². The highest BCUT2D eigenvalue weighted by Gasteiger charge is 2.29. The van der Waals surface area contributed by atoms with Gasteiger partial charge >= 0.3 is 0 Å². The summed E-state index contributed by atoms with van der Waals surface area (Å²) in [6.07, 6.45) is 1.11. The zero-order valence-electron chi connectivity index (χ0n) is 14.1. The summed E-state index contributed by atoms with van der Waals surface area (Å²) in [7, 11) is 0. The molecular weight excluding hydrogens is 376 g/mol. The number of rotatable bonds is 3. The number of piperidine rings is 1. The van der Waals surface area contributed by atoms with Crippen LogP contribution in [0.15, 0.2) is 42.6 Å². The van der Waals surface area contributed by atoms with E-state index in [0.717, 1.165) is 22.7 Å². The van der Waals surface area contributed by atoms with Crippen molar-refractivity contribution in [3.63, 3.8) is 0 Å². The second-order valence-corrected chi connectivity index (χ2v) is 6.81. The van der Waals surface area contributed by atoms with Crippen molar-refractivity contribution in [2.24, 2.45) is 5.73 Å². The lowest BCUT2D eigenvalue weighted by molar-refractivity contribution is 0.243. The average Bonchev–Trinajstić information content (AvgIpc) is 2.98. The van der Waals surface area contributed by atoms with Crippen LogP contribution in [0.4, 0.5) is 10.3 Å². The standard InChI is InChI=1S/C18H19ClFN5.ClH/c19-12-5-6-13(22-9-12)10-25-17-4-2-1-3-16(17)23-18(25)24-8-7-14(20)15(21)11-24;/h1-6,9,14-15H,7-8,10-11,21H2;1H/t14-,15-;/m1./s1. The molecule has 2 aromatic heterocycles. The van der Waals surface area contributed by atoms with Crippen molar-refractivity contribution in [2.75, 3.05) is 18.0 Å². The molecule has 0 amide bonds. The maximum atomic E-state index is 13.8. The molecule has 0 unspecified atom stereocenters. The lowest BCUT2D eigenvalue weighted by Crippen LogP contribution is -2.50. The molecule has 1 saturated heterocycles. The molecule has 3 heterocycles. The van der Waals surface area contributed by atoms with E-state index >= 15 is 0 Å². The highest BCUT2D eigenvalue weighted by molar-refractivity contribution is 6.30. The second kappa shape index (κ2) is 7.78. The number of nitrogens with two attached hydrogens (primary N) is 1. The Morgan fingerprint density at radius 2 is 2.04 bits per heavy atom. The van der Waals surface area contributed by atoms with E-state index < -0.39 is 12.2 Å². The third-order valence-corrected chi connectivity index (χ3v) is 4.82. The fourth-order valence-electron chi connectivity index (χ4n) is 3.26. The molecule has 0 spiro atoms.